The van der Waals surface area contributed by atoms with Crippen molar-refractivity contribution in [2.75, 3.05) is 5.32 Å². The largest absolute Gasteiger partial charge is 0.320 e. The second-order valence-corrected chi connectivity index (χ2v) is 1.82. The Morgan fingerprint density at radius 2 is 2.18 bits per heavy atom. The molecule has 4 heteroatoms. The van der Waals surface area contributed by atoms with Crippen LogP contribution in [0.25, 0.3) is 0 Å². The van der Waals surface area contributed by atoms with Crippen molar-refractivity contribution in [3.05, 3.63) is 31.4 Å². The van der Waals surface area contributed by atoms with Crippen molar-refractivity contribution in [3.63, 3.8) is 0 Å². The Bertz CT molecular complexity index is 258. The minimum atomic E-state index is -0.264. The molecule has 0 radical (unpaired) electrons. The number of hydrogen-bond donors (Lipinski definition) is 1. The van der Waals surface area contributed by atoms with Crippen molar-refractivity contribution in [1.82, 2.24) is 9.97 Å². The molecule has 0 fully saturated rings. The van der Waals surface area contributed by atoms with Gasteiger partial charge in [-0.05, 0) is 6.08 Å². The van der Waals surface area contributed by atoms with E-state index in [1.165, 1.54) is 24.8 Å². The van der Waals surface area contributed by atoms with Gasteiger partial charge in [-0.3, -0.25) is 4.79 Å². The summed E-state index contributed by atoms with van der Waals surface area (Å²) in [5.41, 5.74) is 0.567. The smallest absolute Gasteiger partial charge is 0.247 e. The van der Waals surface area contributed by atoms with Gasteiger partial charge in [-0.1, -0.05) is 6.58 Å². The van der Waals surface area contributed by atoms with Gasteiger partial charge in [-0.15, -0.1) is 0 Å². The minimum Gasteiger partial charge on any atom is -0.320 e. The van der Waals surface area contributed by atoms with E-state index in [1.807, 2.05) is 0 Å². The van der Waals surface area contributed by atoms with Crippen LogP contribution in [0.1, 0.15) is 0 Å². The summed E-state index contributed by atoms with van der Waals surface area (Å²) in [6, 6.07) is 0. The van der Waals surface area contributed by atoms with Crippen LogP contribution in [0.4, 0.5) is 5.69 Å². The minimum absolute atomic E-state index is 0.264. The summed E-state index contributed by atoms with van der Waals surface area (Å²) in [4.78, 5) is 18.1. The van der Waals surface area contributed by atoms with Crippen LogP contribution in [0.15, 0.2) is 31.4 Å². The SMILES string of the molecule is C=CC(=O)Nc1cncnc1. The van der Waals surface area contributed by atoms with E-state index in [2.05, 4.69) is 21.9 Å². The molecule has 1 aromatic rings. The van der Waals surface area contributed by atoms with Gasteiger partial charge in [-0.2, -0.15) is 0 Å². The topological polar surface area (TPSA) is 54.9 Å². The van der Waals surface area contributed by atoms with Gasteiger partial charge in [0.1, 0.15) is 6.33 Å². The summed E-state index contributed by atoms with van der Waals surface area (Å²) in [5.74, 6) is -0.264. The molecule has 1 heterocycles. The van der Waals surface area contributed by atoms with Gasteiger partial charge in [0.05, 0.1) is 18.1 Å². The third kappa shape index (κ3) is 2.17. The normalized spacial score (nSPS) is 8.73. The first-order valence-corrected chi connectivity index (χ1v) is 3.01. The molecule has 1 N–H and O–H groups in total. The molecule has 0 saturated carbocycles. The Morgan fingerprint density at radius 3 is 2.73 bits per heavy atom. The molecule has 0 aliphatic carbocycles. The monoisotopic (exact) mass is 149 g/mol. The zero-order valence-electron chi connectivity index (χ0n) is 5.82. The van der Waals surface area contributed by atoms with E-state index in [-0.39, 0.29) is 5.91 Å². The predicted molar refractivity (Wildman–Crippen MR) is 40.9 cm³/mol. The Labute approximate surface area is 64.0 Å². The summed E-state index contributed by atoms with van der Waals surface area (Å²) in [7, 11) is 0. The summed E-state index contributed by atoms with van der Waals surface area (Å²) in [6.07, 6.45) is 5.60. The van der Waals surface area contributed by atoms with E-state index < -0.39 is 0 Å². The van der Waals surface area contributed by atoms with E-state index in [1.54, 1.807) is 0 Å². The molecule has 56 valence electrons. The summed E-state index contributed by atoms with van der Waals surface area (Å²) in [6.45, 7) is 3.30. The molecule has 1 aromatic heterocycles. The van der Waals surface area contributed by atoms with Crippen LogP contribution in [-0.2, 0) is 4.79 Å². The highest BCUT2D eigenvalue weighted by Crippen LogP contribution is 1.98. The van der Waals surface area contributed by atoms with Gasteiger partial charge in [0.2, 0.25) is 5.91 Å². The lowest BCUT2D eigenvalue weighted by Gasteiger charge is -1.97. The number of carbonyl (C=O) groups is 1. The highest BCUT2D eigenvalue weighted by atomic mass is 16.1. The fourth-order valence-corrected chi connectivity index (χ4v) is 0.557. The summed E-state index contributed by atoms with van der Waals surface area (Å²) >= 11 is 0. The highest BCUT2D eigenvalue weighted by Gasteiger charge is 1.94. The van der Waals surface area contributed by atoms with Crippen molar-refractivity contribution in [2.24, 2.45) is 0 Å². The molecule has 0 atom stereocenters. The summed E-state index contributed by atoms with van der Waals surface area (Å²) < 4.78 is 0. The lowest BCUT2D eigenvalue weighted by molar-refractivity contribution is -0.111. The maximum Gasteiger partial charge on any atom is 0.247 e. The van der Waals surface area contributed by atoms with Crippen LogP contribution < -0.4 is 5.32 Å². The molecule has 1 amide bonds. The van der Waals surface area contributed by atoms with E-state index in [0.29, 0.717) is 5.69 Å². The Morgan fingerprint density at radius 1 is 1.55 bits per heavy atom. The maximum absolute atomic E-state index is 10.7. The van der Waals surface area contributed by atoms with Crippen LogP contribution in [0.5, 0.6) is 0 Å². The van der Waals surface area contributed by atoms with Crippen LogP contribution in [0, 0.1) is 0 Å². The van der Waals surface area contributed by atoms with Gasteiger partial charge < -0.3 is 5.32 Å². The van der Waals surface area contributed by atoms with Crippen molar-refractivity contribution >= 4 is 11.6 Å². The number of carbonyl (C=O) groups excluding carboxylic acids is 1. The van der Waals surface area contributed by atoms with Crippen molar-refractivity contribution < 1.29 is 4.79 Å². The molecule has 0 spiro atoms. The number of hydrogen-bond acceptors (Lipinski definition) is 3. The number of amides is 1. The molecule has 0 aromatic carbocycles. The van der Waals surface area contributed by atoms with E-state index in [0.717, 1.165) is 0 Å². The first-order valence-electron chi connectivity index (χ1n) is 3.01. The molecular weight excluding hydrogens is 142 g/mol. The molecule has 4 nitrogen and oxygen atoms in total. The molecule has 0 aliphatic heterocycles. The second-order valence-electron chi connectivity index (χ2n) is 1.82. The molecule has 0 saturated heterocycles. The summed E-state index contributed by atoms with van der Waals surface area (Å²) in [5, 5.41) is 2.51. The van der Waals surface area contributed by atoms with E-state index in [4.69, 9.17) is 0 Å². The standard InChI is InChI=1S/C7H7N3O/c1-2-7(11)10-6-3-8-5-9-4-6/h2-5H,1H2,(H,10,11). The average molecular weight is 149 g/mol. The number of nitrogens with one attached hydrogen (secondary N) is 1. The molecule has 0 bridgehead atoms. The van der Waals surface area contributed by atoms with Crippen molar-refractivity contribution in [1.29, 1.82) is 0 Å². The van der Waals surface area contributed by atoms with Gasteiger partial charge in [0, 0.05) is 0 Å². The van der Waals surface area contributed by atoms with Gasteiger partial charge in [-0.25, -0.2) is 9.97 Å². The second kappa shape index (κ2) is 3.46. The fourth-order valence-electron chi connectivity index (χ4n) is 0.557. The number of rotatable bonds is 2. The Balaban J connectivity index is 2.65. The fraction of sp³-hybridized carbons (Fsp3) is 0. The quantitative estimate of drug-likeness (QED) is 0.626. The molecular formula is C7H7N3O. The third-order valence-electron chi connectivity index (χ3n) is 1.01. The molecule has 0 unspecified atom stereocenters. The molecule has 0 aliphatic rings. The zero-order valence-corrected chi connectivity index (χ0v) is 5.82. The van der Waals surface area contributed by atoms with Crippen molar-refractivity contribution in [2.45, 2.75) is 0 Å². The van der Waals surface area contributed by atoms with Crippen LogP contribution >= 0.6 is 0 Å². The number of aromatic nitrogens is 2. The van der Waals surface area contributed by atoms with Gasteiger partial charge >= 0.3 is 0 Å². The van der Waals surface area contributed by atoms with Gasteiger partial charge in [0.25, 0.3) is 0 Å². The first-order chi connectivity index (χ1) is 5.33. The van der Waals surface area contributed by atoms with Crippen molar-refractivity contribution in [3.8, 4) is 0 Å². The Kier molecular flexibility index (Phi) is 2.32. The van der Waals surface area contributed by atoms with Crippen LogP contribution in [0.2, 0.25) is 0 Å². The predicted octanol–water partition coefficient (Wildman–Crippen LogP) is 0.601. The molecule has 1 rings (SSSR count). The zero-order chi connectivity index (χ0) is 8.10. The maximum atomic E-state index is 10.7. The number of nitrogens with zero attached hydrogens (tertiary/aromatic N) is 2. The van der Waals surface area contributed by atoms with Crippen LogP contribution in [-0.4, -0.2) is 15.9 Å². The number of anilines is 1. The lowest BCUT2D eigenvalue weighted by Crippen LogP contribution is -2.07. The molecule has 11 heavy (non-hydrogen) atoms. The van der Waals surface area contributed by atoms with E-state index in [9.17, 15) is 4.79 Å². The Hall–Kier alpha value is -1.71. The first kappa shape index (κ1) is 7.40. The lowest BCUT2D eigenvalue weighted by atomic mass is 10.5. The van der Waals surface area contributed by atoms with Gasteiger partial charge in [0.15, 0.2) is 0 Å². The van der Waals surface area contributed by atoms with Crippen LogP contribution in [0.3, 0.4) is 0 Å². The highest BCUT2D eigenvalue weighted by molar-refractivity contribution is 5.98. The third-order valence-corrected chi connectivity index (χ3v) is 1.01. The average Bonchev–Trinajstić information content (AvgIpc) is 2.06. The van der Waals surface area contributed by atoms with E-state index >= 15 is 0 Å².